The van der Waals surface area contributed by atoms with Crippen LogP contribution in [0.5, 0.6) is 0 Å². The SMILES string of the molecule is NC=C(C=NCC(F)(F)C(F)(F)F)c1c(C(F)(F)F)nc2sc(F)cn2c1=O. The maximum Gasteiger partial charge on any atom is 0.455 e. The molecular weight excluding hydrogens is 431 g/mol. The number of aromatic nitrogens is 2. The van der Waals surface area contributed by atoms with Crippen LogP contribution in [-0.2, 0) is 6.18 Å². The Labute approximate surface area is 152 Å². The number of thiazole rings is 1. The molecule has 0 unspecified atom stereocenters. The van der Waals surface area contributed by atoms with E-state index in [9.17, 15) is 44.3 Å². The number of nitrogens with zero attached hydrogens (tertiary/aromatic N) is 3. The highest BCUT2D eigenvalue weighted by Gasteiger charge is 2.57. The van der Waals surface area contributed by atoms with E-state index in [4.69, 9.17) is 5.73 Å². The Morgan fingerprint density at radius 1 is 1.21 bits per heavy atom. The summed E-state index contributed by atoms with van der Waals surface area (Å²) < 4.78 is 115. The first-order valence-electron chi connectivity index (χ1n) is 6.84. The van der Waals surface area contributed by atoms with E-state index in [0.29, 0.717) is 16.8 Å². The summed E-state index contributed by atoms with van der Waals surface area (Å²) in [5.74, 6) is -5.26. The molecule has 5 nitrogen and oxygen atoms in total. The summed E-state index contributed by atoms with van der Waals surface area (Å²) in [7, 11) is 0. The number of nitrogens with two attached hydrogens (primary N) is 1. The van der Waals surface area contributed by atoms with Crippen molar-refractivity contribution < 1.29 is 39.5 Å². The molecule has 15 heteroatoms. The quantitative estimate of drug-likeness (QED) is 0.587. The number of rotatable bonds is 4. The average molecular weight is 438 g/mol. The van der Waals surface area contributed by atoms with Gasteiger partial charge in [-0.05, 0) is 0 Å². The summed E-state index contributed by atoms with van der Waals surface area (Å²) in [6.07, 6.45) is -10.2. The van der Waals surface area contributed by atoms with Gasteiger partial charge >= 0.3 is 18.3 Å². The minimum absolute atomic E-state index is 0.125. The first-order valence-corrected chi connectivity index (χ1v) is 7.66. The van der Waals surface area contributed by atoms with Gasteiger partial charge in [0.25, 0.3) is 5.56 Å². The number of allylic oxidation sites excluding steroid dienone is 1. The number of aliphatic imine (C=N–C) groups is 1. The van der Waals surface area contributed by atoms with Crippen LogP contribution in [0.1, 0.15) is 11.3 Å². The summed E-state index contributed by atoms with van der Waals surface area (Å²) in [6, 6.07) is 0. The van der Waals surface area contributed by atoms with Gasteiger partial charge < -0.3 is 5.73 Å². The van der Waals surface area contributed by atoms with Crippen molar-refractivity contribution in [3.05, 3.63) is 39.1 Å². The number of hydrogen-bond donors (Lipinski definition) is 1. The largest absolute Gasteiger partial charge is 0.455 e. The maximum atomic E-state index is 13.3. The molecule has 0 radical (unpaired) electrons. The van der Waals surface area contributed by atoms with Crippen LogP contribution in [0.25, 0.3) is 10.5 Å². The van der Waals surface area contributed by atoms with Crippen LogP contribution in [0.15, 0.2) is 22.2 Å². The van der Waals surface area contributed by atoms with E-state index in [2.05, 4.69) is 9.98 Å². The lowest BCUT2D eigenvalue weighted by atomic mass is 10.1. The lowest BCUT2D eigenvalue weighted by Gasteiger charge is -2.17. The van der Waals surface area contributed by atoms with Crippen molar-refractivity contribution in [2.24, 2.45) is 10.7 Å². The molecule has 0 aliphatic heterocycles. The number of halogens is 9. The molecule has 2 N–H and O–H groups in total. The van der Waals surface area contributed by atoms with Gasteiger partial charge in [-0.3, -0.25) is 14.2 Å². The Morgan fingerprint density at radius 3 is 2.32 bits per heavy atom. The van der Waals surface area contributed by atoms with Gasteiger partial charge in [-0.2, -0.15) is 39.5 Å². The zero-order chi connectivity index (χ0) is 21.5. The van der Waals surface area contributed by atoms with E-state index in [1.54, 1.807) is 0 Å². The number of fused-ring (bicyclic) bond motifs is 1. The topological polar surface area (TPSA) is 72.8 Å². The highest BCUT2D eigenvalue weighted by molar-refractivity contribution is 7.15. The zero-order valence-corrected chi connectivity index (χ0v) is 13.9. The summed E-state index contributed by atoms with van der Waals surface area (Å²) in [6.45, 7) is -2.15. The van der Waals surface area contributed by atoms with Gasteiger partial charge in [-0.15, -0.1) is 0 Å². The monoisotopic (exact) mass is 438 g/mol. The standard InChI is InChI=1S/C13H7F9N4OS/c14-6-3-26-9(27)7(8(12(17,18)19)25-10(26)28-6)5(1-23)2-24-4-11(15,16)13(20,21)22/h1-3H,4,23H2. The zero-order valence-electron chi connectivity index (χ0n) is 13.1. The third-order valence-electron chi connectivity index (χ3n) is 3.17. The third kappa shape index (κ3) is 4.13. The third-order valence-corrected chi connectivity index (χ3v) is 3.95. The van der Waals surface area contributed by atoms with E-state index < -0.39 is 57.3 Å². The number of hydrogen-bond acceptors (Lipinski definition) is 5. The van der Waals surface area contributed by atoms with Crippen LogP contribution in [0.3, 0.4) is 0 Å². The van der Waals surface area contributed by atoms with Crippen LogP contribution in [-0.4, -0.2) is 34.2 Å². The van der Waals surface area contributed by atoms with Crippen molar-refractivity contribution in [3.8, 4) is 0 Å². The summed E-state index contributed by atoms with van der Waals surface area (Å²) >= 11 is 0.125. The first kappa shape index (κ1) is 21.7. The van der Waals surface area contributed by atoms with Gasteiger partial charge in [0.05, 0.1) is 11.8 Å². The minimum Gasteiger partial charge on any atom is -0.404 e. The molecular formula is C13H7F9N4OS. The summed E-state index contributed by atoms with van der Waals surface area (Å²) in [5.41, 5.74) is -0.420. The Bertz CT molecular complexity index is 1000. The van der Waals surface area contributed by atoms with Crippen LogP contribution in [0.2, 0.25) is 0 Å². The Balaban J connectivity index is 2.59. The van der Waals surface area contributed by atoms with Gasteiger partial charge in [0.15, 0.2) is 15.8 Å². The molecule has 2 rings (SSSR count). The van der Waals surface area contributed by atoms with E-state index in [-0.39, 0.29) is 17.6 Å². The van der Waals surface area contributed by atoms with Crippen molar-refractivity contribution in [2.75, 3.05) is 6.54 Å². The molecule has 154 valence electrons. The molecule has 2 aromatic rings. The van der Waals surface area contributed by atoms with E-state index in [1.807, 2.05) is 0 Å². The Hall–Kier alpha value is -2.58. The Morgan fingerprint density at radius 2 is 1.82 bits per heavy atom. The molecule has 0 saturated carbocycles. The van der Waals surface area contributed by atoms with Gasteiger partial charge in [0.2, 0.25) is 0 Å². The molecule has 0 aliphatic carbocycles. The minimum atomic E-state index is -5.94. The molecule has 0 amide bonds. The fraction of sp³-hybridized carbons (Fsp3) is 0.308. The smallest absolute Gasteiger partial charge is 0.404 e. The first-order chi connectivity index (χ1) is 12.7. The highest BCUT2D eigenvalue weighted by Crippen LogP contribution is 2.36. The molecule has 0 spiro atoms. The average Bonchev–Trinajstić information content (AvgIpc) is 2.91. The lowest BCUT2D eigenvalue weighted by Crippen LogP contribution is -2.39. The van der Waals surface area contributed by atoms with Crippen molar-refractivity contribution in [2.45, 2.75) is 18.3 Å². The van der Waals surface area contributed by atoms with Gasteiger partial charge in [0.1, 0.15) is 6.54 Å². The highest BCUT2D eigenvalue weighted by atomic mass is 32.1. The van der Waals surface area contributed by atoms with E-state index >= 15 is 0 Å². The fourth-order valence-corrected chi connectivity index (χ4v) is 2.62. The van der Waals surface area contributed by atoms with Gasteiger partial charge in [-0.1, -0.05) is 11.3 Å². The summed E-state index contributed by atoms with van der Waals surface area (Å²) in [4.78, 5) is 17.5. The molecule has 0 bridgehead atoms. The fourth-order valence-electron chi connectivity index (χ4n) is 1.92. The predicted molar refractivity (Wildman–Crippen MR) is 80.8 cm³/mol. The molecule has 0 saturated heterocycles. The van der Waals surface area contributed by atoms with Crippen molar-refractivity contribution in [1.29, 1.82) is 0 Å². The molecule has 2 heterocycles. The lowest BCUT2D eigenvalue weighted by molar-refractivity contribution is -0.276. The second-order valence-electron chi connectivity index (χ2n) is 5.12. The van der Waals surface area contributed by atoms with Crippen LogP contribution >= 0.6 is 11.3 Å². The van der Waals surface area contributed by atoms with Crippen molar-refractivity contribution in [1.82, 2.24) is 9.38 Å². The Kier molecular flexibility index (Phi) is 5.51. The van der Waals surface area contributed by atoms with E-state index in [1.165, 1.54) is 0 Å². The normalized spacial score (nSPS) is 14.4. The summed E-state index contributed by atoms with van der Waals surface area (Å²) in [5, 5.41) is -1.05. The van der Waals surface area contributed by atoms with Crippen molar-refractivity contribution >= 4 is 28.1 Å². The molecule has 2 aromatic heterocycles. The van der Waals surface area contributed by atoms with Gasteiger partial charge in [0, 0.05) is 18.0 Å². The molecule has 0 fully saturated rings. The van der Waals surface area contributed by atoms with E-state index in [0.717, 1.165) is 0 Å². The van der Waals surface area contributed by atoms with Crippen LogP contribution in [0.4, 0.5) is 39.5 Å². The van der Waals surface area contributed by atoms with Crippen LogP contribution in [0, 0.1) is 5.13 Å². The second kappa shape index (κ2) is 7.10. The second-order valence-corrected chi connectivity index (χ2v) is 6.08. The molecule has 0 atom stereocenters. The van der Waals surface area contributed by atoms with Gasteiger partial charge in [-0.25, -0.2) is 4.98 Å². The molecule has 28 heavy (non-hydrogen) atoms. The predicted octanol–water partition coefficient (Wildman–Crippen LogP) is 3.48. The molecule has 0 aliphatic rings. The van der Waals surface area contributed by atoms with Crippen molar-refractivity contribution in [3.63, 3.8) is 0 Å². The van der Waals surface area contributed by atoms with Crippen LogP contribution < -0.4 is 11.3 Å². The number of alkyl halides is 8. The maximum absolute atomic E-state index is 13.3. The molecule has 0 aromatic carbocycles.